The second-order valence-electron chi connectivity index (χ2n) is 6.92. The van der Waals surface area contributed by atoms with Crippen LogP contribution in [-0.4, -0.2) is 38.6 Å². The number of phenols is 1. The maximum Gasteiger partial charge on any atom is 0.235 e. The van der Waals surface area contributed by atoms with E-state index in [1.807, 2.05) is 37.3 Å². The smallest absolute Gasteiger partial charge is 0.235 e. The van der Waals surface area contributed by atoms with Crippen molar-refractivity contribution < 1.29 is 14.6 Å². The number of aryl methyl sites for hydroxylation is 1. The van der Waals surface area contributed by atoms with Crippen molar-refractivity contribution in [3.05, 3.63) is 59.3 Å². The lowest BCUT2D eigenvalue weighted by Gasteiger charge is -2.15. The van der Waals surface area contributed by atoms with E-state index in [0.717, 1.165) is 32.8 Å². The molecule has 0 spiro atoms. The molecule has 2 aromatic heterocycles. The van der Waals surface area contributed by atoms with E-state index in [9.17, 15) is 9.90 Å². The number of aromatic hydroxyl groups is 1. The number of aromatic nitrogens is 3. The van der Waals surface area contributed by atoms with Gasteiger partial charge in [0.25, 0.3) is 0 Å². The molecule has 5 rings (SSSR count). The van der Waals surface area contributed by atoms with Crippen LogP contribution in [0, 0.1) is 6.92 Å². The molecule has 30 heavy (non-hydrogen) atoms. The predicted octanol–water partition coefficient (Wildman–Crippen LogP) is 4.28. The summed E-state index contributed by atoms with van der Waals surface area (Å²) in [5, 5.41) is 18.0. The van der Waals surface area contributed by atoms with Crippen LogP contribution in [-0.2, 0) is 4.79 Å². The lowest BCUT2D eigenvalue weighted by atomic mass is 10.0. The first-order chi connectivity index (χ1) is 14.5. The minimum Gasteiger partial charge on any atom is -0.508 e. The van der Waals surface area contributed by atoms with Gasteiger partial charge in [-0.15, -0.1) is 11.8 Å². The predicted molar refractivity (Wildman–Crippen MR) is 119 cm³/mol. The van der Waals surface area contributed by atoms with E-state index in [4.69, 9.17) is 14.8 Å². The molecule has 2 aromatic carbocycles. The third-order valence-electron chi connectivity index (χ3n) is 4.97. The number of methoxy groups -OCH3 is 1. The topological polar surface area (TPSA) is 89.3 Å². The number of phenolic OH excluding ortho intramolecular Hbond substituents is 1. The van der Waals surface area contributed by atoms with Gasteiger partial charge in [-0.2, -0.15) is 9.78 Å². The molecule has 7 nitrogen and oxygen atoms in total. The maximum absolute atomic E-state index is 12.5. The first-order valence-electron chi connectivity index (χ1n) is 9.28. The van der Waals surface area contributed by atoms with Crippen LogP contribution in [0.4, 0.5) is 5.82 Å². The lowest BCUT2D eigenvalue weighted by molar-refractivity contribution is -0.113. The van der Waals surface area contributed by atoms with Gasteiger partial charge in [0.2, 0.25) is 11.0 Å². The zero-order valence-corrected chi connectivity index (χ0v) is 17.9. The highest BCUT2D eigenvalue weighted by Crippen LogP contribution is 2.44. The molecule has 0 saturated heterocycles. The summed E-state index contributed by atoms with van der Waals surface area (Å²) >= 11 is 3.04. The second-order valence-corrected chi connectivity index (χ2v) is 9.02. The Morgan fingerprint density at radius 2 is 2.03 bits per heavy atom. The van der Waals surface area contributed by atoms with Gasteiger partial charge in [-0.3, -0.25) is 4.79 Å². The van der Waals surface area contributed by atoms with Gasteiger partial charge in [0.05, 0.1) is 34.0 Å². The molecule has 0 saturated carbocycles. The number of nitrogens with zero attached hydrogens (tertiary/aromatic N) is 3. The molecule has 0 bridgehead atoms. The third kappa shape index (κ3) is 3.20. The highest BCUT2D eigenvalue weighted by Gasteiger charge is 2.31. The van der Waals surface area contributed by atoms with E-state index in [1.54, 1.807) is 35.7 Å². The summed E-state index contributed by atoms with van der Waals surface area (Å²) in [4.78, 5) is 17.2. The van der Waals surface area contributed by atoms with Crippen molar-refractivity contribution in [3.63, 3.8) is 0 Å². The highest BCUT2D eigenvalue weighted by atomic mass is 32.2. The van der Waals surface area contributed by atoms with E-state index >= 15 is 0 Å². The van der Waals surface area contributed by atoms with E-state index in [1.165, 1.54) is 11.3 Å². The summed E-state index contributed by atoms with van der Waals surface area (Å²) < 4.78 is 8.02. The minimum atomic E-state index is -0.0808. The van der Waals surface area contributed by atoms with Gasteiger partial charge in [0.15, 0.2) is 0 Å². The Balaban J connectivity index is 1.66. The fraction of sp³-hybridized carbons (Fsp3) is 0.190. The number of carbonyl (C=O) groups is 1. The number of hydrogen-bond acceptors (Lipinski definition) is 7. The van der Waals surface area contributed by atoms with Crippen LogP contribution >= 0.6 is 23.1 Å². The summed E-state index contributed by atoms with van der Waals surface area (Å²) in [7, 11) is 1.64. The van der Waals surface area contributed by atoms with Crippen molar-refractivity contribution in [2.45, 2.75) is 12.2 Å². The zero-order chi connectivity index (χ0) is 20.8. The van der Waals surface area contributed by atoms with E-state index in [2.05, 4.69) is 5.32 Å². The summed E-state index contributed by atoms with van der Waals surface area (Å²) in [6.07, 6.45) is 0. The maximum atomic E-state index is 12.5. The van der Waals surface area contributed by atoms with E-state index in [0.29, 0.717) is 16.7 Å². The Labute approximate surface area is 180 Å². The minimum absolute atomic E-state index is 0.0774. The van der Waals surface area contributed by atoms with Crippen molar-refractivity contribution in [1.29, 1.82) is 0 Å². The number of hydrogen-bond donors (Lipinski definition) is 2. The molecule has 1 amide bonds. The molecule has 1 aliphatic heterocycles. The fourth-order valence-electron chi connectivity index (χ4n) is 3.54. The Morgan fingerprint density at radius 1 is 1.23 bits per heavy atom. The Morgan fingerprint density at radius 3 is 2.80 bits per heavy atom. The van der Waals surface area contributed by atoms with Gasteiger partial charge in [-0.25, -0.2) is 4.98 Å². The molecule has 2 N–H and O–H groups in total. The third-order valence-corrected chi connectivity index (χ3v) is 7.23. The molecule has 9 heteroatoms. The molecule has 0 unspecified atom stereocenters. The van der Waals surface area contributed by atoms with Crippen molar-refractivity contribution >= 4 is 45.0 Å². The summed E-state index contributed by atoms with van der Waals surface area (Å²) in [5.41, 5.74) is 3.64. The van der Waals surface area contributed by atoms with Crippen LogP contribution in [0.3, 0.4) is 0 Å². The van der Waals surface area contributed by atoms with E-state index < -0.39 is 0 Å². The first kappa shape index (κ1) is 19.0. The number of thioether (sulfide) groups is 1. The molecular weight excluding hydrogens is 420 g/mol. The highest BCUT2D eigenvalue weighted by molar-refractivity contribution is 8.00. The van der Waals surface area contributed by atoms with Crippen LogP contribution < -0.4 is 10.1 Å². The number of anilines is 1. The van der Waals surface area contributed by atoms with E-state index in [-0.39, 0.29) is 16.9 Å². The summed E-state index contributed by atoms with van der Waals surface area (Å²) in [5.74, 6) is 1.88. The molecule has 4 aromatic rings. The van der Waals surface area contributed by atoms with Gasteiger partial charge in [-0.05, 0) is 42.8 Å². The van der Waals surface area contributed by atoms with Crippen LogP contribution in [0.1, 0.15) is 22.1 Å². The standard InChI is InChI=1S/C21H18N4O3S2/c1-11-18-19(12-3-5-13(26)6-4-12)29-10-17(27)23-20(18)25(24-11)21-22-15-8-7-14(28-2)9-16(15)30-21/h3-9,19,26H,10H2,1-2H3,(H,23,27)/t19-/m1/s1. The average Bonchev–Trinajstić information content (AvgIpc) is 3.24. The second kappa shape index (κ2) is 7.33. The lowest BCUT2D eigenvalue weighted by Crippen LogP contribution is -2.15. The largest absolute Gasteiger partial charge is 0.508 e. The van der Waals surface area contributed by atoms with Crippen LogP contribution in [0.25, 0.3) is 15.3 Å². The average molecular weight is 439 g/mol. The zero-order valence-electron chi connectivity index (χ0n) is 16.2. The van der Waals surface area contributed by atoms with Crippen LogP contribution in [0.5, 0.6) is 11.5 Å². The number of carbonyl (C=O) groups excluding carboxylic acids is 1. The number of nitrogens with one attached hydrogen (secondary N) is 1. The first-order valence-corrected chi connectivity index (χ1v) is 11.1. The number of rotatable bonds is 3. The van der Waals surface area contributed by atoms with Gasteiger partial charge in [0.1, 0.15) is 17.3 Å². The molecule has 0 aliphatic carbocycles. The molecule has 1 aliphatic rings. The van der Waals surface area contributed by atoms with Crippen molar-refractivity contribution in [1.82, 2.24) is 14.8 Å². The van der Waals surface area contributed by atoms with Gasteiger partial charge >= 0.3 is 0 Å². The molecule has 1 atom stereocenters. The Bertz CT molecular complexity index is 1260. The number of benzene rings is 2. The molecular formula is C21H18N4O3S2. The monoisotopic (exact) mass is 438 g/mol. The van der Waals surface area contributed by atoms with Gasteiger partial charge in [0, 0.05) is 5.56 Å². The molecule has 152 valence electrons. The van der Waals surface area contributed by atoms with Crippen molar-refractivity contribution in [2.75, 3.05) is 18.2 Å². The van der Waals surface area contributed by atoms with Crippen LogP contribution in [0.2, 0.25) is 0 Å². The quantitative estimate of drug-likeness (QED) is 0.496. The fourth-order valence-corrected chi connectivity index (χ4v) is 5.69. The molecule has 3 heterocycles. The SMILES string of the molecule is COc1ccc2nc(-n3nc(C)c4c3NC(=O)CS[C@@H]4c3ccc(O)cc3)sc2c1. The summed E-state index contributed by atoms with van der Waals surface area (Å²) in [6, 6.07) is 12.8. The molecule has 0 fully saturated rings. The van der Waals surface area contributed by atoms with Gasteiger partial charge in [-0.1, -0.05) is 23.5 Å². The van der Waals surface area contributed by atoms with Crippen LogP contribution in [0.15, 0.2) is 42.5 Å². The normalized spacial score (nSPS) is 16.2. The van der Waals surface area contributed by atoms with Crippen molar-refractivity contribution in [3.8, 4) is 16.6 Å². The van der Waals surface area contributed by atoms with Gasteiger partial charge < -0.3 is 15.2 Å². The summed E-state index contributed by atoms with van der Waals surface area (Å²) in [6.45, 7) is 1.94. The Hall–Kier alpha value is -3.04. The number of thiazole rings is 1. The Kier molecular flexibility index (Phi) is 4.63. The van der Waals surface area contributed by atoms with Crippen molar-refractivity contribution in [2.24, 2.45) is 0 Å². The molecule has 0 radical (unpaired) electrons. The number of ether oxygens (including phenoxy) is 1. The number of amides is 1. The number of fused-ring (bicyclic) bond motifs is 2.